The smallest absolute Gasteiger partial charge is 0.243 e. The van der Waals surface area contributed by atoms with E-state index in [0.717, 1.165) is 19.4 Å². The number of amides is 1. The van der Waals surface area contributed by atoms with Gasteiger partial charge in [0, 0.05) is 31.3 Å². The molecule has 25 heavy (non-hydrogen) atoms. The first-order chi connectivity index (χ1) is 12.0. The van der Waals surface area contributed by atoms with Crippen molar-refractivity contribution < 1.29 is 17.9 Å². The number of hydrogen-bond acceptors (Lipinski definition) is 4. The standard InChI is InChI=1S/C17H23ClN2O4S/c18-14-5-7-16(8-6-14)25(22,23)20-9-1-3-13(12-20)17(21)19-11-15-4-2-10-24-15/h5-8,13,15H,1-4,9-12H2,(H,19,21)/t13-,15+/m0/s1. The van der Waals surface area contributed by atoms with Gasteiger partial charge in [-0.15, -0.1) is 0 Å². The lowest BCUT2D eigenvalue weighted by molar-refractivity contribution is -0.126. The Kier molecular flexibility index (Phi) is 5.99. The molecule has 2 atom stereocenters. The molecule has 2 aliphatic rings. The Bertz CT molecular complexity index is 702. The molecule has 2 aliphatic heterocycles. The van der Waals surface area contributed by atoms with E-state index in [1.165, 1.54) is 16.4 Å². The zero-order valence-corrected chi connectivity index (χ0v) is 15.6. The van der Waals surface area contributed by atoms with Crippen molar-refractivity contribution in [2.24, 2.45) is 5.92 Å². The third-order valence-corrected chi connectivity index (χ3v) is 6.87. The van der Waals surface area contributed by atoms with Crippen LogP contribution in [-0.4, -0.2) is 51.0 Å². The highest BCUT2D eigenvalue weighted by atomic mass is 35.5. The lowest BCUT2D eigenvalue weighted by Gasteiger charge is -2.31. The first kappa shape index (κ1) is 18.6. The summed E-state index contributed by atoms with van der Waals surface area (Å²) in [5.41, 5.74) is 0. The molecule has 2 saturated heterocycles. The fraction of sp³-hybridized carbons (Fsp3) is 0.588. The molecule has 1 aromatic rings. The van der Waals surface area contributed by atoms with Crippen LogP contribution < -0.4 is 5.32 Å². The lowest BCUT2D eigenvalue weighted by atomic mass is 9.99. The van der Waals surface area contributed by atoms with Crippen LogP contribution >= 0.6 is 11.6 Å². The van der Waals surface area contributed by atoms with E-state index in [4.69, 9.17) is 16.3 Å². The Labute approximate surface area is 153 Å². The summed E-state index contributed by atoms with van der Waals surface area (Å²) in [5.74, 6) is -0.413. The SMILES string of the molecule is O=C(NC[C@H]1CCCO1)[C@H]1CCCN(S(=O)(=O)c2ccc(Cl)cc2)C1. The van der Waals surface area contributed by atoms with E-state index in [0.29, 0.717) is 31.0 Å². The van der Waals surface area contributed by atoms with Crippen LogP contribution in [0.15, 0.2) is 29.2 Å². The molecule has 0 aromatic heterocycles. The molecule has 0 unspecified atom stereocenters. The van der Waals surface area contributed by atoms with Gasteiger partial charge in [0.1, 0.15) is 0 Å². The second-order valence-electron chi connectivity index (χ2n) is 6.54. The minimum absolute atomic E-state index is 0.0847. The maximum Gasteiger partial charge on any atom is 0.243 e. The van der Waals surface area contributed by atoms with Crippen molar-refractivity contribution in [1.82, 2.24) is 9.62 Å². The number of ether oxygens (including phenoxy) is 1. The summed E-state index contributed by atoms with van der Waals surface area (Å²) in [6.07, 6.45) is 3.44. The summed E-state index contributed by atoms with van der Waals surface area (Å²) in [5, 5.41) is 3.40. The molecule has 8 heteroatoms. The lowest BCUT2D eigenvalue weighted by Crippen LogP contribution is -2.46. The van der Waals surface area contributed by atoms with Gasteiger partial charge in [-0.05, 0) is 49.9 Å². The maximum absolute atomic E-state index is 12.8. The number of rotatable bonds is 5. The summed E-state index contributed by atoms with van der Waals surface area (Å²) in [6.45, 7) is 1.89. The molecule has 6 nitrogen and oxygen atoms in total. The minimum atomic E-state index is -3.61. The third kappa shape index (κ3) is 4.53. The number of benzene rings is 1. The minimum Gasteiger partial charge on any atom is -0.376 e. The van der Waals surface area contributed by atoms with Crippen LogP contribution in [0.5, 0.6) is 0 Å². The maximum atomic E-state index is 12.8. The highest BCUT2D eigenvalue weighted by Crippen LogP contribution is 2.25. The van der Waals surface area contributed by atoms with Crippen molar-refractivity contribution >= 4 is 27.5 Å². The largest absolute Gasteiger partial charge is 0.376 e. The second kappa shape index (κ2) is 8.03. The van der Waals surface area contributed by atoms with Crippen molar-refractivity contribution in [3.05, 3.63) is 29.3 Å². The molecule has 0 aliphatic carbocycles. The Morgan fingerprint density at radius 3 is 2.68 bits per heavy atom. The van der Waals surface area contributed by atoms with Crippen LogP contribution in [0.25, 0.3) is 0 Å². The van der Waals surface area contributed by atoms with E-state index in [9.17, 15) is 13.2 Å². The van der Waals surface area contributed by atoms with E-state index in [1.54, 1.807) is 12.1 Å². The molecular weight excluding hydrogens is 364 g/mol. The number of hydrogen-bond donors (Lipinski definition) is 1. The Balaban J connectivity index is 1.61. The van der Waals surface area contributed by atoms with Crippen LogP contribution in [0.1, 0.15) is 25.7 Å². The van der Waals surface area contributed by atoms with Gasteiger partial charge in [-0.1, -0.05) is 11.6 Å². The molecule has 0 spiro atoms. The average molecular weight is 387 g/mol. The first-order valence-corrected chi connectivity index (χ1v) is 10.4. The van der Waals surface area contributed by atoms with Gasteiger partial charge in [0.05, 0.1) is 16.9 Å². The van der Waals surface area contributed by atoms with E-state index >= 15 is 0 Å². The number of carbonyl (C=O) groups excluding carboxylic acids is 1. The molecule has 2 heterocycles. The predicted octanol–water partition coefficient (Wildman–Crippen LogP) is 2.04. The van der Waals surface area contributed by atoms with Crippen LogP contribution in [-0.2, 0) is 19.6 Å². The second-order valence-corrected chi connectivity index (χ2v) is 8.91. The van der Waals surface area contributed by atoms with Crippen molar-refractivity contribution in [3.63, 3.8) is 0 Å². The van der Waals surface area contributed by atoms with Gasteiger partial charge >= 0.3 is 0 Å². The van der Waals surface area contributed by atoms with Gasteiger partial charge in [0.2, 0.25) is 15.9 Å². The number of nitrogens with zero attached hydrogens (tertiary/aromatic N) is 1. The fourth-order valence-corrected chi connectivity index (χ4v) is 4.94. The van der Waals surface area contributed by atoms with Crippen LogP contribution in [0.2, 0.25) is 5.02 Å². The van der Waals surface area contributed by atoms with Gasteiger partial charge in [-0.25, -0.2) is 8.42 Å². The van der Waals surface area contributed by atoms with E-state index < -0.39 is 10.0 Å². The molecule has 0 bridgehead atoms. The number of nitrogens with one attached hydrogen (secondary N) is 1. The molecule has 3 rings (SSSR count). The average Bonchev–Trinajstić information content (AvgIpc) is 3.14. The van der Waals surface area contributed by atoms with Crippen LogP contribution in [0.4, 0.5) is 0 Å². The van der Waals surface area contributed by atoms with Crippen molar-refractivity contribution in [1.29, 1.82) is 0 Å². The zero-order chi connectivity index (χ0) is 17.9. The molecule has 1 N–H and O–H groups in total. The molecule has 1 aromatic carbocycles. The van der Waals surface area contributed by atoms with Crippen molar-refractivity contribution in [2.45, 2.75) is 36.7 Å². The third-order valence-electron chi connectivity index (χ3n) is 4.73. The van der Waals surface area contributed by atoms with Gasteiger partial charge in [0.25, 0.3) is 0 Å². The zero-order valence-electron chi connectivity index (χ0n) is 14.0. The molecule has 0 saturated carbocycles. The normalized spacial score (nSPS) is 25.0. The first-order valence-electron chi connectivity index (χ1n) is 8.62. The quantitative estimate of drug-likeness (QED) is 0.840. The molecular formula is C17H23ClN2O4S. The fourth-order valence-electron chi connectivity index (χ4n) is 3.29. The predicted molar refractivity (Wildman–Crippen MR) is 94.9 cm³/mol. The van der Waals surface area contributed by atoms with Crippen LogP contribution in [0, 0.1) is 5.92 Å². The Morgan fingerprint density at radius 2 is 2.00 bits per heavy atom. The van der Waals surface area contributed by atoms with Crippen molar-refractivity contribution in [2.75, 3.05) is 26.2 Å². The molecule has 2 fully saturated rings. The van der Waals surface area contributed by atoms with Gasteiger partial charge in [-0.3, -0.25) is 4.79 Å². The number of halogens is 1. The van der Waals surface area contributed by atoms with Gasteiger partial charge in [-0.2, -0.15) is 4.31 Å². The van der Waals surface area contributed by atoms with Gasteiger partial charge < -0.3 is 10.1 Å². The van der Waals surface area contributed by atoms with Gasteiger partial charge in [0.15, 0.2) is 0 Å². The summed E-state index contributed by atoms with van der Waals surface area (Å²) in [6, 6.07) is 6.12. The molecule has 0 radical (unpaired) electrons. The summed E-state index contributed by atoms with van der Waals surface area (Å²) in [7, 11) is -3.61. The Hall–Kier alpha value is -1.15. The summed E-state index contributed by atoms with van der Waals surface area (Å²) in [4.78, 5) is 12.6. The van der Waals surface area contributed by atoms with Crippen molar-refractivity contribution in [3.8, 4) is 0 Å². The summed E-state index contributed by atoms with van der Waals surface area (Å²) >= 11 is 5.83. The number of sulfonamides is 1. The topological polar surface area (TPSA) is 75.7 Å². The monoisotopic (exact) mass is 386 g/mol. The number of piperidine rings is 1. The van der Waals surface area contributed by atoms with E-state index in [-0.39, 0.29) is 29.4 Å². The highest BCUT2D eigenvalue weighted by molar-refractivity contribution is 7.89. The van der Waals surface area contributed by atoms with E-state index in [2.05, 4.69) is 5.32 Å². The summed E-state index contributed by atoms with van der Waals surface area (Å²) < 4.78 is 32.4. The molecule has 1 amide bonds. The van der Waals surface area contributed by atoms with E-state index in [1.807, 2.05) is 0 Å². The molecule has 138 valence electrons. The Morgan fingerprint density at radius 1 is 1.24 bits per heavy atom. The number of carbonyl (C=O) groups is 1. The highest BCUT2D eigenvalue weighted by Gasteiger charge is 2.33. The van der Waals surface area contributed by atoms with Crippen LogP contribution in [0.3, 0.4) is 0 Å².